The van der Waals surface area contributed by atoms with E-state index in [0.29, 0.717) is 23.4 Å². The molecular weight excluding hydrogens is 825 g/mol. The first-order valence-corrected chi connectivity index (χ1v) is 22.9. The lowest BCUT2D eigenvalue weighted by Gasteiger charge is -2.14. The number of benzene rings is 10. The molecule has 0 radical (unpaired) electrons. The molecule has 14 rings (SSSR count). The number of fused-ring (bicyclic) bond motifs is 14. The van der Waals surface area contributed by atoms with Gasteiger partial charge in [-0.3, -0.25) is 4.57 Å². The van der Waals surface area contributed by atoms with Crippen LogP contribution in [0.25, 0.3) is 137 Å². The van der Waals surface area contributed by atoms with Gasteiger partial charge in [0, 0.05) is 59.3 Å². The quantitative estimate of drug-likeness (QED) is 0.161. The number of para-hydroxylation sites is 1. The van der Waals surface area contributed by atoms with Crippen LogP contribution in [0.1, 0.15) is 0 Å². The molecule has 0 aliphatic carbocycles. The van der Waals surface area contributed by atoms with Gasteiger partial charge in [-0.05, 0) is 63.3 Å². The highest BCUT2D eigenvalue weighted by Gasteiger charge is 2.25. The number of hydrogen-bond donors (Lipinski definition) is 0. The fourth-order valence-corrected chi connectivity index (χ4v) is 11.2. The average molecular weight is 859 g/mol. The molecule has 6 nitrogen and oxygen atoms in total. The third-order valence-corrected chi connectivity index (χ3v) is 14.2. The van der Waals surface area contributed by atoms with Crippen LogP contribution in [0.5, 0.6) is 0 Å². The minimum atomic E-state index is 0.626. The number of hydrogen-bond acceptors (Lipinski definition) is 6. The predicted octanol–water partition coefficient (Wildman–Crippen LogP) is 15.4. The molecule has 0 aliphatic rings. The summed E-state index contributed by atoms with van der Waals surface area (Å²) in [5.41, 5.74) is 7.82. The van der Waals surface area contributed by atoms with E-state index in [0.717, 1.165) is 71.4 Å². The zero-order valence-electron chi connectivity index (χ0n) is 35.2. The highest BCUT2D eigenvalue weighted by molar-refractivity contribution is 7.27. The van der Waals surface area contributed by atoms with Gasteiger partial charge in [0.05, 0.1) is 26.9 Å². The van der Waals surface area contributed by atoms with E-state index < -0.39 is 0 Å². The lowest BCUT2D eigenvalue weighted by molar-refractivity contribution is 1.02. The van der Waals surface area contributed by atoms with Crippen LogP contribution in [0.2, 0.25) is 0 Å². The number of nitrogens with zero attached hydrogens (tertiary/aromatic N) is 6. The molecule has 10 aromatic carbocycles. The van der Waals surface area contributed by atoms with Crippen molar-refractivity contribution >= 4 is 96.5 Å². The van der Waals surface area contributed by atoms with Gasteiger partial charge in [0.1, 0.15) is 0 Å². The van der Waals surface area contributed by atoms with E-state index in [9.17, 15) is 0 Å². The van der Waals surface area contributed by atoms with Crippen molar-refractivity contribution in [3.8, 4) is 51.4 Å². The standard InChI is InChI=1S/C59H34N6S/c1-3-17-37(18-4-1)56-62-57(38-19-5-2-6-20-38)64-58(63-56)41-30-32-49-47(34-41)51-44-24-12-11-23-43(44)50-45-25-13-14-26-48(45)65(54(50)55(51)66-49)59-60-52(40-28-27-35-15-7-8-21-39(35)33-40)46-31-29-36-16-9-10-22-42(36)53(46)61-59/h1-34H. The van der Waals surface area contributed by atoms with Gasteiger partial charge >= 0.3 is 0 Å². The molecule has 66 heavy (non-hydrogen) atoms. The summed E-state index contributed by atoms with van der Waals surface area (Å²) in [7, 11) is 0. The maximum Gasteiger partial charge on any atom is 0.235 e. The fraction of sp³-hybridized carbons (Fsp3) is 0. The Hall–Kier alpha value is -8.65. The van der Waals surface area contributed by atoms with E-state index >= 15 is 0 Å². The maximum absolute atomic E-state index is 5.62. The largest absolute Gasteiger partial charge is 0.276 e. The van der Waals surface area contributed by atoms with E-state index in [1.165, 1.54) is 41.7 Å². The Bertz CT molecular complexity index is 4230. The summed E-state index contributed by atoms with van der Waals surface area (Å²) in [4.78, 5) is 26.4. The molecule has 0 amide bonds. The first kappa shape index (κ1) is 36.8. The van der Waals surface area contributed by atoms with E-state index in [-0.39, 0.29) is 0 Å². The molecule has 0 saturated heterocycles. The fourth-order valence-electron chi connectivity index (χ4n) is 9.97. The second-order valence-corrected chi connectivity index (χ2v) is 17.8. The summed E-state index contributed by atoms with van der Waals surface area (Å²) >= 11 is 1.81. The molecule has 0 atom stereocenters. The molecule has 0 spiro atoms. The topological polar surface area (TPSA) is 69.4 Å². The molecule has 0 saturated carbocycles. The van der Waals surface area contributed by atoms with Crippen molar-refractivity contribution in [1.29, 1.82) is 0 Å². The van der Waals surface area contributed by atoms with Crippen LogP contribution < -0.4 is 0 Å². The van der Waals surface area contributed by atoms with Crippen LogP contribution in [0.3, 0.4) is 0 Å². The third-order valence-electron chi connectivity index (χ3n) is 13.0. The van der Waals surface area contributed by atoms with Gasteiger partial charge in [-0.2, -0.15) is 0 Å². The van der Waals surface area contributed by atoms with Crippen LogP contribution in [0, 0.1) is 0 Å². The van der Waals surface area contributed by atoms with E-state index in [1.54, 1.807) is 0 Å². The van der Waals surface area contributed by atoms with Crippen LogP contribution in [0.4, 0.5) is 0 Å². The summed E-state index contributed by atoms with van der Waals surface area (Å²) in [6, 6.07) is 72.6. The van der Waals surface area contributed by atoms with Crippen molar-refractivity contribution in [3.05, 3.63) is 206 Å². The number of aromatic nitrogens is 6. The lowest BCUT2D eigenvalue weighted by Crippen LogP contribution is -2.04. The summed E-state index contributed by atoms with van der Waals surface area (Å²) in [5.74, 6) is 2.53. The van der Waals surface area contributed by atoms with Crippen LogP contribution in [0.15, 0.2) is 206 Å². The van der Waals surface area contributed by atoms with Crippen molar-refractivity contribution < 1.29 is 0 Å². The Kier molecular flexibility index (Phi) is 8.05. The lowest BCUT2D eigenvalue weighted by atomic mass is 9.98. The summed E-state index contributed by atoms with van der Waals surface area (Å²) in [6.45, 7) is 0. The first-order chi connectivity index (χ1) is 32.7. The SMILES string of the molecule is c1ccc(-c2nc(-c3ccccc3)nc(-c3ccc4sc5c(c4c3)c3ccccc3c3c4ccccc4n(-c4nc(-c6ccc7ccccc7c6)c6ccc7ccccc7c6n4)c53)n2)cc1. The van der Waals surface area contributed by atoms with Crippen molar-refractivity contribution in [2.24, 2.45) is 0 Å². The van der Waals surface area contributed by atoms with Crippen molar-refractivity contribution in [2.45, 2.75) is 0 Å². The van der Waals surface area contributed by atoms with E-state index in [4.69, 9.17) is 24.9 Å². The molecule has 306 valence electrons. The molecule has 0 aliphatic heterocycles. The monoisotopic (exact) mass is 858 g/mol. The highest BCUT2D eigenvalue weighted by atomic mass is 32.1. The van der Waals surface area contributed by atoms with Gasteiger partial charge in [0.25, 0.3) is 0 Å². The minimum Gasteiger partial charge on any atom is -0.276 e. The Morgan fingerprint density at radius 1 is 0.348 bits per heavy atom. The van der Waals surface area contributed by atoms with Gasteiger partial charge in [-0.15, -0.1) is 11.3 Å². The second-order valence-electron chi connectivity index (χ2n) is 16.8. The number of thiophene rings is 1. The van der Waals surface area contributed by atoms with Crippen molar-refractivity contribution in [2.75, 3.05) is 0 Å². The van der Waals surface area contributed by atoms with Gasteiger partial charge in [-0.25, -0.2) is 24.9 Å². The molecule has 0 unspecified atom stereocenters. The second kappa shape index (κ2) is 14.4. The molecule has 7 heteroatoms. The average Bonchev–Trinajstić information content (AvgIpc) is 3.95. The molecule has 14 aromatic rings. The Balaban J connectivity index is 1.08. The minimum absolute atomic E-state index is 0.626. The smallest absolute Gasteiger partial charge is 0.235 e. The van der Waals surface area contributed by atoms with Crippen LogP contribution >= 0.6 is 11.3 Å². The molecule has 0 N–H and O–H groups in total. The van der Waals surface area contributed by atoms with Crippen LogP contribution in [-0.2, 0) is 0 Å². The summed E-state index contributed by atoms with van der Waals surface area (Å²) in [5, 5.41) is 12.7. The highest BCUT2D eigenvalue weighted by Crippen LogP contribution is 2.48. The van der Waals surface area contributed by atoms with Gasteiger partial charge in [-0.1, -0.05) is 170 Å². The molecule has 0 fully saturated rings. The Morgan fingerprint density at radius 3 is 1.67 bits per heavy atom. The normalized spacial score (nSPS) is 11.9. The number of rotatable bonds is 5. The Morgan fingerprint density at radius 2 is 0.924 bits per heavy atom. The summed E-state index contributed by atoms with van der Waals surface area (Å²) in [6.07, 6.45) is 0. The Labute approximate surface area is 381 Å². The first-order valence-electron chi connectivity index (χ1n) is 22.1. The van der Waals surface area contributed by atoms with E-state index in [1.807, 2.05) is 72.0 Å². The van der Waals surface area contributed by atoms with Crippen molar-refractivity contribution in [3.63, 3.8) is 0 Å². The van der Waals surface area contributed by atoms with Gasteiger partial charge in [0.2, 0.25) is 5.95 Å². The zero-order chi connectivity index (χ0) is 43.3. The van der Waals surface area contributed by atoms with Gasteiger partial charge in [0.15, 0.2) is 17.5 Å². The van der Waals surface area contributed by atoms with Crippen molar-refractivity contribution in [1.82, 2.24) is 29.5 Å². The molecule has 0 bridgehead atoms. The van der Waals surface area contributed by atoms with E-state index in [2.05, 4.69) is 150 Å². The van der Waals surface area contributed by atoms with Crippen LogP contribution in [-0.4, -0.2) is 29.5 Å². The molecular formula is C59H34N6S. The maximum atomic E-state index is 5.62. The predicted molar refractivity (Wildman–Crippen MR) is 274 cm³/mol. The molecule has 4 heterocycles. The zero-order valence-corrected chi connectivity index (χ0v) is 36.0. The summed E-state index contributed by atoms with van der Waals surface area (Å²) < 4.78 is 4.67. The van der Waals surface area contributed by atoms with Gasteiger partial charge < -0.3 is 0 Å². The third kappa shape index (κ3) is 5.63. The molecule has 4 aromatic heterocycles.